The van der Waals surface area contributed by atoms with Gasteiger partial charge in [-0.3, -0.25) is 4.99 Å². The van der Waals surface area contributed by atoms with Crippen LogP contribution in [0.15, 0.2) is 4.99 Å². The summed E-state index contributed by atoms with van der Waals surface area (Å²) in [4.78, 5) is 15.7. The predicted molar refractivity (Wildman–Crippen MR) is 61.3 cm³/mol. The van der Waals surface area contributed by atoms with Crippen LogP contribution in [-0.2, 0) is 9.53 Å². The number of piperidine rings is 1. The lowest BCUT2D eigenvalue weighted by Crippen LogP contribution is -2.30. The van der Waals surface area contributed by atoms with Crippen molar-refractivity contribution in [1.82, 2.24) is 5.32 Å². The fourth-order valence-corrected chi connectivity index (χ4v) is 3.15. The molecule has 0 aliphatic carbocycles. The van der Waals surface area contributed by atoms with E-state index in [0.29, 0.717) is 5.92 Å². The van der Waals surface area contributed by atoms with Crippen molar-refractivity contribution in [2.45, 2.75) is 18.9 Å². The van der Waals surface area contributed by atoms with Gasteiger partial charge in [-0.05, 0) is 25.9 Å². The van der Waals surface area contributed by atoms with Crippen molar-refractivity contribution in [1.29, 1.82) is 0 Å². The van der Waals surface area contributed by atoms with Crippen LogP contribution in [0.25, 0.3) is 0 Å². The molecule has 0 aromatic rings. The molecular weight excluding hydrogens is 212 g/mol. The molecule has 0 aromatic heterocycles. The van der Waals surface area contributed by atoms with Gasteiger partial charge in [0.15, 0.2) is 6.04 Å². The van der Waals surface area contributed by atoms with Crippen LogP contribution in [0.5, 0.6) is 0 Å². The highest BCUT2D eigenvalue weighted by atomic mass is 32.2. The molecule has 1 fully saturated rings. The van der Waals surface area contributed by atoms with Gasteiger partial charge in [0, 0.05) is 11.7 Å². The van der Waals surface area contributed by atoms with Crippen LogP contribution in [0.1, 0.15) is 12.8 Å². The van der Waals surface area contributed by atoms with Gasteiger partial charge in [0.2, 0.25) is 0 Å². The van der Waals surface area contributed by atoms with Gasteiger partial charge in [0.1, 0.15) is 0 Å². The van der Waals surface area contributed by atoms with E-state index in [9.17, 15) is 4.79 Å². The molecule has 5 heteroatoms. The Bertz CT molecular complexity index is 275. The zero-order chi connectivity index (χ0) is 10.7. The summed E-state index contributed by atoms with van der Waals surface area (Å²) in [6, 6.07) is -0.259. The van der Waals surface area contributed by atoms with Crippen LogP contribution in [0, 0.1) is 5.92 Å². The molecule has 1 unspecified atom stereocenters. The van der Waals surface area contributed by atoms with Gasteiger partial charge in [0.05, 0.1) is 12.2 Å². The molecule has 2 aliphatic heterocycles. The van der Waals surface area contributed by atoms with Crippen LogP contribution in [-0.4, -0.2) is 43.0 Å². The minimum atomic E-state index is -0.259. The van der Waals surface area contributed by atoms with E-state index in [2.05, 4.69) is 10.3 Å². The molecule has 0 amide bonds. The Morgan fingerprint density at radius 2 is 2.27 bits per heavy atom. The molecule has 0 bridgehead atoms. The van der Waals surface area contributed by atoms with Crippen LogP contribution < -0.4 is 5.32 Å². The monoisotopic (exact) mass is 228 g/mol. The van der Waals surface area contributed by atoms with Gasteiger partial charge >= 0.3 is 5.97 Å². The van der Waals surface area contributed by atoms with E-state index in [4.69, 9.17) is 4.74 Å². The number of hydrogen-bond donors (Lipinski definition) is 1. The van der Waals surface area contributed by atoms with Crippen molar-refractivity contribution < 1.29 is 9.53 Å². The minimum Gasteiger partial charge on any atom is -0.467 e. The number of aliphatic imine (C=N–C) groups is 1. The SMILES string of the molecule is COC(=O)C1CSC(C2CCNCC2)=N1. The summed E-state index contributed by atoms with van der Waals surface area (Å²) in [5.41, 5.74) is 0. The molecule has 0 saturated carbocycles. The number of rotatable bonds is 2. The Labute approximate surface area is 93.9 Å². The van der Waals surface area contributed by atoms with Gasteiger partial charge in [-0.25, -0.2) is 4.79 Å². The third kappa shape index (κ3) is 2.52. The van der Waals surface area contributed by atoms with Crippen LogP contribution in [0.4, 0.5) is 0 Å². The van der Waals surface area contributed by atoms with E-state index in [1.165, 1.54) is 7.11 Å². The second kappa shape index (κ2) is 4.99. The van der Waals surface area contributed by atoms with E-state index in [1.54, 1.807) is 11.8 Å². The van der Waals surface area contributed by atoms with E-state index in [1.807, 2.05) is 0 Å². The first-order chi connectivity index (χ1) is 7.31. The lowest BCUT2D eigenvalue weighted by Gasteiger charge is -2.21. The first kappa shape index (κ1) is 11.0. The number of methoxy groups -OCH3 is 1. The zero-order valence-electron chi connectivity index (χ0n) is 8.86. The number of hydrogen-bond acceptors (Lipinski definition) is 5. The van der Waals surface area contributed by atoms with Gasteiger partial charge in [0.25, 0.3) is 0 Å². The third-order valence-corrected chi connectivity index (χ3v) is 4.05. The van der Waals surface area contributed by atoms with Crippen molar-refractivity contribution >= 4 is 22.8 Å². The summed E-state index contributed by atoms with van der Waals surface area (Å²) in [5, 5.41) is 4.49. The maximum absolute atomic E-state index is 11.3. The molecule has 84 valence electrons. The molecule has 0 radical (unpaired) electrons. The van der Waals surface area contributed by atoms with Crippen LogP contribution in [0.3, 0.4) is 0 Å². The third-order valence-electron chi connectivity index (χ3n) is 2.83. The van der Waals surface area contributed by atoms with Crippen LogP contribution in [0.2, 0.25) is 0 Å². The lowest BCUT2D eigenvalue weighted by molar-refractivity contribution is -0.141. The second-order valence-corrected chi connectivity index (χ2v) is 4.88. The fraction of sp³-hybridized carbons (Fsp3) is 0.800. The smallest absolute Gasteiger partial charge is 0.331 e. The maximum atomic E-state index is 11.3. The van der Waals surface area contributed by atoms with Crippen molar-refractivity contribution in [3.05, 3.63) is 0 Å². The summed E-state index contributed by atoms with van der Waals surface area (Å²) < 4.78 is 4.70. The molecule has 1 saturated heterocycles. The van der Waals surface area contributed by atoms with Gasteiger partial charge in [-0.2, -0.15) is 0 Å². The van der Waals surface area contributed by atoms with E-state index < -0.39 is 0 Å². The van der Waals surface area contributed by atoms with Crippen molar-refractivity contribution in [2.75, 3.05) is 26.0 Å². The van der Waals surface area contributed by atoms with Gasteiger partial charge < -0.3 is 10.1 Å². The largest absolute Gasteiger partial charge is 0.467 e. The molecule has 1 N–H and O–H groups in total. The molecular formula is C10H16N2O2S. The molecule has 1 atom stereocenters. The fourth-order valence-electron chi connectivity index (χ4n) is 1.94. The quantitative estimate of drug-likeness (QED) is 0.706. The first-order valence-corrected chi connectivity index (χ1v) is 6.29. The number of nitrogens with one attached hydrogen (secondary N) is 1. The molecule has 0 aromatic carbocycles. The summed E-state index contributed by atoms with van der Waals surface area (Å²) in [6.45, 7) is 2.13. The molecule has 0 spiro atoms. The number of nitrogens with zero attached hydrogens (tertiary/aromatic N) is 1. The van der Waals surface area contributed by atoms with Crippen LogP contribution >= 0.6 is 11.8 Å². The average Bonchev–Trinajstić information content (AvgIpc) is 2.78. The van der Waals surface area contributed by atoms with Gasteiger partial charge in [-0.15, -0.1) is 11.8 Å². The summed E-state index contributed by atoms with van der Waals surface area (Å²) in [7, 11) is 1.42. The normalized spacial score (nSPS) is 27.5. The first-order valence-electron chi connectivity index (χ1n) is 5.30. The Balaban J connectivity index is 1.95. The zero-order valence-corrected chi connectivity index (χ0v) is 9.68. The second-order valence-electron chi connectivity index (χ2n) is 3.84. The van der Waals surface area contributed by atoms with E-state index in [0.717, 1.165) is 36.7 Å². The number of ether oxygens (including phenoxy) is 1. The highest BCUT2D eigenvalue weighted by Gasteiger charge is 2.30. The standard InChI is InChI=1S/C10H16N2O2S/c1-14-10(13)8-6-15-9(12-8)7-2-4-11-5-3-7/h7-8,11H,2-6H2,1H3. The van der Waals surface area contributed by atoms with Crippen molar-refractivity contribution in [3.8, 4) is 0 Å². The lowest BCUT2D eigenvalue weighted by atomic mass is 9.99. The summed E-state index contributed by atoms with van der Waals surface area (Å²) in [5.74, 6) is 1.11. The Hall–Kier alpha value is -0.550. The molecule has 2 rings (SSSR count). The van der Waals surface area contributed by atoms with E-state index in [-0.39, 0.29) is 12.0 Å². The minimum absolute atomic E-state index is 0.202. The summed E-state index contributed by atoms with van der Waals surface area (Å²) in [6.07, 6.45) is 2.28. The number of thioether (sulfide) groups is 1. The molecule has 4 nitrogen and oxygen atoms in total. The Kier molecular flexibility index (Phi) is 3.64. The number of esters is 1. The van der Waals surface area contributed by atoms with Crippen molar-refractivity contribution in [2.24, 2.45) is 10.9 Å². The van der Waals surface area contributed by atoms with Crippen molar-refractivity contribution in [3.63, 3.8) is 0 Å². The number of carbonyl (C=O) groups excluding carboxylic acids is 1. The maximum Gasteiger partial charge on any atom is 0.331 e. The summed E-state index contributed by atoms with van der Waals surface area (Å²) >= 11 is 1.72. The molecule has 2 heterocycles. The predicted octanol–water partition coefficient (Wildman–Crippen LogP) is 0.673. The molecule has 2 aliphatic rings. The average molecular weight is 228 g/mol. The van der Waals surface area contributed by atoms with E-state index >= 15 is 0 Å². The number of carbonyl (C=O) groups is 1. The Morgan fingerprint density at radius 3 is 2.93 bits per heavy atom. The Morgan fingerprint density at radius 1 is 1.53 bits per heavy atom. The highest BCUT2D eigenvalue weighted by molar-refractivity contribution is 8.14. The topological polar surface area (TPSA) is 50.7 Å². The molecule has 15 heavy (non-hydrogen) atoms. The van der Waals surface area contributed by atoms with Gasteiger partial charge in [-0.1, -0.05) is 0 Å². The highest BCUT2D eigenvalue weighted by Crippen LogP contribution is 2.28.